The summed E-state index contributed by atoms with van der Waals surface area (Å²) in [6, 6.07) is 7.28. The molecule has 1 N–H and O–H groups in total. The highest BCUT2D eigenvalue weighted by molar-refractivity contribution is 7.81. The van der Waals surface area contributed by atoms with Crippen molar-refractivity contribution in [1.82, 2.24) is 0 Å². The number of hydrogen-bond donors (Lipinski definition) is 1. The first kappa shape index (κ1) is 14.7. The number of allylic oxidation sites excluding steroid dienone is 1. The van der Waals surface area contributed by atoms with Crippen LogP contribution in [-0.2, 0) is 0 Å². The van der Waals surface area contributed by atoms with E-state index in [0.29, 0.717) is 0 Å². The minimum Gasteiger partial charge on any atom is -0.507 e. The van der Waals surface area contributed by atoms with Crippen LogP contribution in [0.2, 0.25) is 0 Å². The second-order valence-electron chi connectivity index (χ2n) is 5.28. The third-order valence-corrected chi connectivity index (χ3v) is 3.66. The Bertz CT molecular complexity index is 464. The summed E-state index contributed by atoms with van der Waals surface area (Å²) in [6.07, 6.45) is 0. The second kappa shape index (κ2) is 5.53. The largest absolute Gasteiger partial charge is 0.507 e. The van der Waals surface area contributed by atoms with E-state index in [-0.39, 0.29) is 11.2 Å². The van der Waals surface area contributed by atoms with Crippen molar-refractivity contribution < 1.29 is 9.84 Å². The standard InChI is InChI=1S/C15H20O2S/c1-10(14(18)15(2,3)4)13(16)11-6-8-12(17-5)9-7-11/h6-9,16H,1-5H3/b13-10+. The van der Waals surface area contributed by atoms with Crippen molar-refractivity contribution in [1.29, 1.82) is 0 Å². The Morgan fingerprint density at radius 3 is 2.06 bits per heavy atom. The summed E-state index contributed by atoms with van der Waals surface area (Å²) in [5, 5.41) is 10.2. The average molecular weight is 264 g/mol. The van der Waals surface area contributed by atoms with Gasteiger partial charge in [0.05, 0.1) is 7.11 Å². The molecule has 1 aromatic carbocycles. The summed E-state index contributed by atoms with van der Waals surface area (Å²) in [5.74, 6) is 1.00. The molecular formula is C15H20O2S. The molecule has 18 heavy (non-hydrogen) atoms. The van der Waals surface area contributed by atoms with E-state index >= 15 is 0 Å². The molecule has 3 heteroatoms. The van der Waals surface area contributed by atoms with E-state index in [1.165, 1.54) is 0 Å². The highest BCUT2D eigenvalue weighted by Gasteiger charge is 2.21. The Balaban J connectivity index is 3.10. The lowest BCUT2D eigenvalue weighted by molar-refractivity contribution is 0.414. The lowest BCUT2D eigenvalue weighted by Gasteiger charge is -2.21. The van der Waals surface area contributed by atoms with Crippen LogP contribution in [-0.4, -0.2) is 17.1 Å². The van der Waals surface area contributed by atoms with Gasteiger partial charge in [-0.25, -0.2) is 0 Å². The van der Waals surface area contributed by atoms with Gasteiger partial charge in [0.2, 0.25) is 0 Å². The summed E-state index contributed by atoms with van der Waals surface area (Å²) >= 11 is 5.40. The lowest BCUT2D eigenvalue weighted by atomic mass is 9.87. The number of benzene rings is 1. The molecule has 0 atom stereocenters. The van der Waals surface area contributed by atoms with Gasteiger partial charge in [-0.2, -0.15) is 0 Å². The summed E-state index contributed by atoms with van der Waals surface area (Å²) < 4.78 is 5.09. The topological polar surface area (TPSA) is 29.5 Å². The molecule has 1 aromatic rings. The van der Waals surface area contributed by atoms with E-state index in [0.717, 1.165) is 21.8 Å². The number of aliphatic hydroxyl groups is 1. The molecule has 0 aromatic heterocycles. The van der Waals surface area contributed by atoms with Gasteiger partial charge in [0.15, 0.2) is 0 Å². The Hall–Kier alpha value is -1.35. The van der Waals surface area contributed by atoms with Gasteiger partial charge in [0.1, 0.15) is 11.5 Å². The van der Waals surface area contributed by atoms with E-state index in [1.807, 2.05) is 52.0 Å². The Labute approximate surface area is 114 Å². The monoisotopic (exact) mass is 264 g/mol. The van der Waals surface area contributed by atoms with Crippen LogP contribution in [0.25, 0.3) is 5.76 Å². The Kier molecular flexibility index (Phi) is 4.52. The first-order valence-corrected chi connectivity index (χ1v) is 6.27. The van der Waals surface area contributed by atoms with E-state index in [2.05, 4.69) is 0 Å². The maximum atomic E-state index is 10.2. The van der Waals surface area contributed by atoms with Crippen LogP contribution < -0.4 is 4.74 Å². The fourth-order valence-electron chi connectivity index (χ4n) is 1.64. The molecule has 0 aliphatic heterocycles. The van der Waals surface area contributed by atoms with E-state index in [9.17, 15) is 5.11 Å². The molecule has 0 fully saturated rings. The zero-order valence-electron chi connectivity index (χ0n) is 11.6. The molecule has 98 valence electrons. The fourth-order valence-corrected chi connectivity index (χ4v) is 1.73. The van der Waals surface area contributed by atoms with Crippen molar-refractivity contribution in [3.05, 3.63) is 35.4 Å². The summed E-state index contributed by atoms with van der Waals surface area (Å²) in [7, 11) is 1.62. The molecule has 0 saturated carbocycles. The summed E-state index contributed by atoms with van der Waals surface area (Å²) in [5.41, 5.74) is 1.38. The smallest absolute Gasteiger partial charge is 0.126 e. The predicted octanol–water partition coefficient (Wildman–Crippen LogP) is 4.40. The van der Waals surface area contributed by atoms with Gasteiger partial charge >= 0.3 is 0 Å². The summed E-state index contributed by atoms with van der Waals surface area (Å²) in [6.45, 7) is 7.98. The van der Waals surface area contributed by atoms with Crippen molar-refractivity contribution in [2.75, 3.05) is 7.11 Å². The van der Waals surface area contributed by atoms with Crippen molar-refractivity contribution >= 4 is 22.8 Å². The van der Waals surface area contributed by atoms with E-state index in [4.69, 9.17) is 17.0 Å². The molecule has 0 bridgehead atoms. The van der Waals surface area contributed by atoms with Crippen molar-refractivity contribution in [2.45, 2.75) is 27.7 Å². The van der Waals surface area contributed by atoms with Gasteiger partial charge in [-0.15, -0.1) is 0 Å². The first-order valence-electron chi connectivity index (χ1n) is 5.86. The van der Waals surface area contributed by atoms with Crippen LogP contribution in [0, 0.1) is 5.41 Å². The van der Waals surface area contributed by atoms with Gasteiger partial charge in [0.25, 0.3) is 0 Å². The maximum Gasteiger partial charge on any atom is 0.126 e. The molecule has 0 aliphatic carbocycles. The fraction of sp³-hybridized carbons (Fsp3) is 0.400. The van der Waals surface area contributed by atoms with Crippen LogP contribution >= 0.6 is 12.2 Å². The normalized spacial score (nSPS) is 12.9. The third-order valence-electron chi connectivity index (χ3n) is 2.74. The summed E-state index contributed by atoms with van der Waals surface area (Å²) in [4.78, 5) is 0.774. The lowest BCUT2D eigenvalue weighted by Crippen LogP contribution is -2.19. The molecule has 0 amide bonds. The number of thiocarbonyl (C=S) groups is 1. The van der Waals surface area contributed by atoms with Gasteiger partial charge < -0.3 is 9.84 Å². The highest BCUT2D eigenvalue weighted by atomic mass is 32.1. The van der Waals surface area contributed by atoms with Gasteiger partial charge in [-0.05, 0) is 36.6 Å². The molecule has 0 heterocycles. The van der Waals surface area contributed by atoms with Crippen LogP contribution in [0.15, 0.2) is 29.8 Å². The molecular weight excluding hydrogens is 244 g/mol. The third kappa shape index (κ3) is 3.33. The molecule has 0 unspecified atom stereocenters. The van der Waals surface area contributed by atoms with E-state index < -0.39 is 0 Å². The zero-order valence-corrected chi connectivity index (χ0v) is 12.4. The highest BCUT2D eigenvalue weighted by Crippen LogP contribution is 2.27. The molecule has 0 saturated heterocycles. The molecule has 0 aliphatic rings. The van der Waals surface area contributed by atoms with Crippen molar-refractivity contribution in [3.8, 4) is 5.75 Å². The zero-order chi connectivity index (χ0) is 13.9. The van der Waals surface area contributed by atoms with Gasteiger partial charge in [-0.1, -0.05) is 33.0 Å². The van der Waals surface area contributed by atoms with Gasteiger partial charge in [-0.3, -0.25) is 0 Å². The van der Waals surface area contributed by atoms with Crippen LogP contribution in [0.5, 0.6) is 5.75 Å². The Morgan fingerprint density at radius 1 is 1.17 bits per heavy atom. The van der Waals surface area contributed by atoms with Crippen LogP contribution in [0.4, 0.5) is 0 Å². The van der Waals surface area contributed by atoms with Gasteiger partial charge in [0, 0.05) is 16.0 Å². The molecule has 1 rings (SSSR count). The molecule has 2 nitrogen and oxygen atoms in total. The number of aliphatic hydroxyl groups excluding tert-OH is 1. The second-order valence-corrected chi connectivity index (χ2v) is 5.69. The average Bonchev–Trinajstić information content (AvgIpc) is 2.35. The minimum atomic E-state index is -0.125. The van der Waals surface area contributed by atoms with Crippen LogP contribution in [0.3, 0.4) is 0 Å². The van der Waals surface area contributed by atoms with Crippen molar-refractivity contribution in [3.63, 3.8) is 0 Å². The number of hydrogen-bond acceptors (Lipinski definition) is 3. The number of methoxy groups -OCH3 is 1. The van der Waals surface area contributed by atoms with Crippen LogP contribution in [0.1, 0.15) is 33.3 Å². The number of rotatable bonds is 3. The Morgan fingerprint density at radius 2 is 1.67 bits per heavy atom. The SMILES string of the molecule is COc1ccc(/C(O)=C(/C)C(=S)C(C)(C)C)cc1. The minimum absolute atomic E-state index is 0.125. The molecule has 0 radical (unpaired) electrons. The van der Waals surface area contributed by atoms with Crippen molar-refractivity contribution in [2.24, 2.45) is 5.41 Å². The predicted molar refractivity (Wildman–Crippen MR) is 80.3 cm³/mol. The first-order chi connectivity index (χ1) is 8.27. The quantitative estimate of drug-likeness (QED) is 0.498. The van der Waals surface area contributed by atoms with E-state index in [1.54, 1.807) is 7.11 Å². The molecule has 0 spiro atoms. The number of ether oxygens (including phenoxy) is 1. The maximum absolute atomic E-state index is 10.2.